The van der Waals surface area contributed by atoms with Gasteiger partial charge in [-0.3, -0.25) is 0 Å². The highest BCUT2D eigenvalue weighted by Crippen LogP contribution is 2.44. The molecule has 0 bridgehead atoms. The predicted molar refractivity (Wildman–Crippen MR) is 217 cm³/mol. The highest BCUT2D eigenvalue weighted by atomic mass is 32.1. The Bertz CT molecular complexity index is 2830. The molecule has 234 valence electrons. The van der Waals surface area contributed by atoms with E-state index in [1.54, 1.807) is 0 Å². The average Bonchev–Trinajstić information content (AvgIpc) is 3.58. The van der Waals surface area contributed by atoms with Crippen molar-refractivity contribution in [3.8, 4) is 22.3 Å². The van der Waals surface area contributed by atoms with Crippen molar-refractivity contribution >= 4 is 80.9 Å². The lowest BCUT2D eigenvalue weighted by molar-refractivity contribution is 1.29. The van der Waals surface area contributed by atoms with E-state index in [0.29, 0.717) is 0 Å². The van der Waals surface area contributed by atoms with Crippen LogP contribution in [0, 0.1) is 0 Å². The molecule has 0 aliphatic rings. The zero-order chi connectivity index (χ0) is 33.0. The number of anilines is 3. The van der Waals surface area contributed by atoms with Crippen LogP contribution < -0.4 is 4.90 Å². The fourth-order valence-corrected chi connectivity index (χ4v) is 8.94. The van der Waals surface area contributed by atoms with Crippen molar-refractivity contribution < 1.29 is 0 Å². The molecule has 0 saturated carbocycles. The molecule has 0 atom stereocenters. The molecule has 0 aliphatic heterocycles. The highest BCUT2D eigenvalue weighted by molar-refractivity contribution is 7.26. The van der Waals surface area contributed by atoms with Crippen LogP contribution in [0.15, 0.2) is 188 Å². The van der Waals surface area contributed by atoms with Gasteiger partial charge in [0.25, 0.3) is 0 Å². The monoisotopic (exact) mass is 653 g/mol. The number of thiophene rings is 1. The Labute approximate surface area is 294 Å². The first-order valence-corrected chi connectivity index (χ1v) is 17.9. The van der Waals surface area contributed by atoms with Gasteiger partial charge in [0.2, 0.25) is 0 Å². The molecule has 10 rings (SSSR count). The Hall–Kier alpha value is -6.22. The lowest BCUT2D eigenvalue weighted by atomic mass is 9.94. The smallest absolute Gasteiger partial charge is 0.0468 e. The molecular weight excluding hydrogens is 623 g/mol. The molecule has 1 heterocycles. The number of hydrogen-bond acceptors (Lipinski definition) is 2. The molecule has 0 saturated heterocycles. The van der Waals surface area contributed by atoms with Gasteiger partial charge in [0.15, 0.2) is 0 Å². The van der Waals surface area contributed by atoms with Crippen LogP contribution in [0.4, 0.5) is 17.1 Å². The largest absolute Gasteiger partial charge is 0.310 e. The minimum atomic E-state index is 1.12. The summed E-state index contributed by atoms with van der Waals surface area (Å²) in [7, 11) is 0. The topological polar surface area (TPSA) is 3.24 Å². The van der Waals surface area contributed by atoms with Crippen LogP contribution in [0.25, 0.3) is 74.7 Å². The maximum absolute atomic E-state index is 2.41. The second-order valence-electron chi connectivity index (χ2n) is 12.9. The predicted octanol–water partition coefficient (Wildman–Crippen LogP) is 14.3. The van der Waals surface area contributed by atoms with Crippen molar-refractivity contribution in [3.05, 3.63) is 188 Å². The zero-order valence-corrected chi connectivity index (χ0v) is 28.1. The molecule has 0 aliphatic carbocycles. The minimum absolute atomic E-state index is 1.12. The van der Waals surface area contributed by atoms with E-state index in [1.165, 1.54) is 74.7 Å². The first-order chi connectivity index (χ1) is 24.8. The third-order valence-corrected chi connectivity index (χ3v) is 11.3. The summed E-state index contributed by atoms with van der Waals surface area (Å²) < 4.78 is 2.65. The van der Waals surface area contributed by atoms with Gasteiger partial charge in [-0.25, -0.2) is 0 Å². The molecule has 1 aromatic heterocycles. The van der Waals surface area contributed by atoms with Gasteiger partial charge in [-0.1, -0.05) is 146 Å². The fourth-order valence-electron chi connectivity index (χ4n) is 7.70. The number of hydrogen-bond donors (Lipinski definition) is 0. The van der Waals surface area contributed by atoms with E-state index in [0.717, 1.165) is 17.1 Å². The van der Waals surface area contributed by atoms with Crippen LogP contribution in [0.1, 0.15) is 0 Å². The summed E-state index contributed by atoms with van der Waals surface area (Å²) in [6, 6.07) is 68.7. The lowest BCUT2D eigenvalue weighted by Gasteiger charge is -2.27. The molecule has 0 spiro atoms. The fraction of sp³-hybridized carbons (Fsp3) is 0. The maximum atomic E-state index is 2.41. The van der Waals surface area contributed by atoms with Gasteiger partial charge in [-0.2, -0.15) is 0 Å². The first kappa shape index (κ1) is 28.8. The number of fused-ring (bicyclic) bond motifs is 9. The lowest BCUT2D eigenvalue weighted by Crippen LogP contribution is -2.10. The molecular formula is C48H31NS. The molecule has 0 N–H and O–H groups in total. The zero-order valence-electron chi connectivity index (χ0n) is 27.3. The van der Waals surface area contributed by atoms with Crippen LogP contribution in [0.3, 0.4) is 0 Å². The summed E-state index contributed by atoms with van der Waals surface area (Å²) in [5.74, 6) is 0. The summed E-state index contributed by atoms with van der Waals surface area (Å²) in [4.78, 5) is 2.41. The SMILES string of the molecule is c1ccc(-c2ccc(N(c3cccc(-c4cccc5c4sc4ccccc45)c3)c3ccc4c5ccccc5c5ccccc5c4c3)cc2)cc1. The molecule has 0 fully saturated rings. The van der Waals surface area contributed by atoms with Crippen LogP contribution in [-0.4, -0.2) is 0 Å². The third-order valence-electron chi connectivity index (χ3n) is 10.0. The van der Waals surface area contributed by atoms with Crippen LogP contribution in [0.5, 0.6) is 0 Å². The Kier molecular flexibility index (Phi) is 6.75. The van der Waals surface area contributed by atoms with E-state index < -0.39 is 0 Å². The van der Waals surface area contributed by atoms with Gasteiger partial charge in [0, 0.05) is 37.2 Å². The van der Waals surface area contributed by atoms with Gasteiger partial charge in [-0.15, -0.1) is 11.3 Å². The van der Waals surface area contributed by atoms with E-state index in [2.05, 4.69) is 193 Å². The molecule has 9 aromatic carbocycles. The van der Waals surface area contributed by atoms with Crippen LogP contribution in [0.2, 0.25) is 0 Å². The van der Waals surface area contributed by atoms with Crippen molar-refractivity contribution in [2.24, 2.45) is 0 Å². The summed E-state index contributed by atoms with van der Waals surface area (Å²) in [5, 5.41) is 10.3. The van der Waals surface area contributed by atoms with Crippen molar-refractivity contribution in [1.82, 2.24) is 0 Å². The highest BCUT2D eigenvalue weighted by Gasteiger charge is 2.18. The summed E-state index contributed by atoms with van der Waals surface area (Å²) in [6.45, 7) is 0. The summed E-state index contributed by atoms with van der Waals surface area (Å²) in [6.07, 6.45) is 0. The molecule has 2 heteroatoms. The Balaban J connectivity index is 1.18. The van der Waals surface area contributed by atoms with Gasteiger partial charge in [0.05, 0.1) is 0 Å². The number of nitrogens with zero attached hydrogens (tertiary/aromatic N) is 1. The molecule has 0 radical (unpaired) electrons. The van der Waals surface area contributed by atoms with E-state index in [4.69, 9.17) is 0 Å². The van der Waals surface area contributed by atoms with E-state index >= 15 is 0 Å². The molecule has 0 unspecified atom stereocenters. The van der Waals surface area contributed by atoms with Gasteiger partial charge < -0.3 is 4.90 Å². The summed E-state index contributed by atoms with van der Waals surface area (Å²) >= 11 is 1.88. The van der Waals surface area contributed by atoms with Crippen molar-refractivity contribution in [2.45, 2.75) is 0 Å². The van der Waals surface area contributed by atoms with Crippen LogP contribution in [-0.2, 0) is 0 Å². The molecule has 50 heavy (non-hydrogen) atoms. The van der Waals surface area contributed by atoms with E-state index in [-0.39, 0.29) is 0 Å². The first-order valence-electron chi connectivity index (χ1n) is 17.1. The van der Waals surface area contributed by atoms with Gasteiger partial charge in [0.1, 0.15) is 0 Å². The van der Waals surface area contributed by atoms with E-state index in [9.17, 15) is 0 Å². The van der Waals surface area contributed by atoms with Crippen molar-refractivity contribution in [3.63, 3.8) is 0 Å². The second kappa shape index (κ2) is 11.7. The van der Waals surface area contributed by atoms with E-state index in [1.807, 2.05) is 11.3 Å². The van der Waals surface area contributed by atoms with Gasteiger partial charge in [-0.05, 0) is 97.0 Å². The van der Waals surface area contributed by atoms with Crippen molar-refractivity contribution in [2.75, 3.05) is 4.90 Å². The second-order valence-corrected chi connectivity index (χ2v) is 14.0. The minimum Gasteiger partial charge on any atom is -0.310 e. The average molecular weight is 654 g/mol. The Morgan fingerprint density at radius 2 is 0.820 bits per heavy atom. The standard InChI is InChI=1S/C48H31NS/c1-2-12-32(13-3-1)33-24-26-35(27-25-33)49(37-28-29-43-41-18-5-4-16-39(41)40-17-6-7-19-42(40)46(43)31-37)36-15-10-14-34(30-36)38-21-11-22-45-44-20-8-9-23-47(44)50-48(38)45/h1-31H. The van der Waals surface area contributed by atoms with Crippen molar-refractivity contribution in [1.29, 1.82) is 0 Å². The Morgan fingerprint density at radius 3 is 1.56 bits per heavy atom. The normalized spacial score (nSPS) is 11.6. The number of rotatable bonds is 5. The molecule has 10 aromatic rings. The molecule has 0 amide bonds. The summed E-state index contributed by atoms with van der Waals surface area (Å²) in [5.41, 5.74) is 8.26. The maximum Gasteiger partial charge on any atom is 0.0468 e. The Morgan fingerprint density at radius 1 is 0.300 bits per heavy atom. The quantitative estimate of drug-likeness (QED) is 0.167. The van der Waals surface area contributed by atoms with Crippen LogP contribution >= 0.6 is 11.3 Å². The third kappa shape index (κ3) is 4.69. The molecule has 1 nitrogen and oxygen atoms in total. The number of benzene rings is 9. The van der Waals surface area contributed by atoms with Gasteiger partial charge >= 0.3 is 0 Å².